The minimum absolute atomic E-state index is 0.0446. The molecule has 0 fully saturated rings. The number of hydrogen-bond acceptors (Lipinski definition) is 7. The second-order valence-electron chi connectivity index (χ2n) is 4.53. The van der Waals surface area contributed by atoms with Gasteiger partial charge >= 0.3 is 5.69 Å². The van der Waals surface area contributed by atoms with Crippen LogP contribution in [0.3, 0.4) is 0 Å². The molecule has 2 rings (SSSR count). The van der Waals surface area contributed by atoms with Crippen molar-refractivity contribution in [1.29, 1.82) is 0 Å². The predicted molar refractivity (Wildman–Crippen MR) is 83.9 cm³/mol. The highest BCUT2D eigenvalue weighted by Gasteiger charge is 2.19. The molecule has 0 bridgehead atoms. The van der Waals surface area contributed by atoms with Crippen molar-refractivity contribution < 1.29 is 4.92 Å². The smallest absolute Gasteiger partial charge is 0.311 e. The van der Waals surface area contributed by atoms with Gasteiger partial charge in [0.15, 0.2) is 0 Å². The average molecular weight is 307 g/mol. The summed E-state index contributed by atoms with van der Waals surface area (Å²) < 4.78 is 0. The van der Waals surface area contributed by atoms with Crippen LogP contribution in [-0.2, 0) is 0 Å². The van der Waals surface area contributed by atoms with Crippen molar-refractivity contribution in [3.8, 4) is 0 Å². The van der Waals surface area contributed by atoms with Crippen LogP contribution in [0.15, 0.2) is 18.3 Å². The first-order valence-electron chi connectivity index (χ1n) is 6.59. The predicted octanol–water partition coefficient (Wildman–Crippen LogP) is 3.36. The fourth-order valence-corrected chi connectivity index (χ4v) is 2.60. The fraction of sp³-hybridized carbons (Fsp3) is 0.385. The minimum Gasteiger partial charge on any atom is -0.370 e. The molecule has 2 aromatic heterocycles. The molecule has 0 saturated heterocycles. The summed E-state index contributed by atoms with van der Waals surface area (Å²) in [6.45, 7) is 6.52. The zero-order valence-corrected chi connectivity index (χ0v) is 12.9. The summed E-state index contributed by atoms with van der Waals surface area (Å²) in [5.74, 6) is 0.854. The van der Waals surface area contributed by atoms with Gasteiger partial charge in [-0.2, -0.15) is 0 Å². The van der Waals surface area contributed by atoms with E-state index in [1.54, 1.807) is 23.6 Å². The number of aromatic nitrogens is 2. The summed E-state index contributed by atoms with van der Waals surface area (Å²) in [4.78, 5) is 20.3. The summed E-state index contributed by atoms with van der Waals surface area (Å²) in [6, 6.07) is 2.91. The number of pyridine rings is 1. The van der Waals surface area contributed by atoms with Gasteiger partial charge in [0, 0.05) is 23.7 Å². The largest absolute Gasteiger partial charge is 0.370 e. The maximum absolute atomic E-state index is 11.1. The molecular formula is C13H17N5O2S. The van der Waals surface area contributed by atoms with E-state index < -0.39 is 4.92 Å². The van der Waals surface area contributed by atoms with Crippen molar-refractivity contribution in [3.63, 3.8) is 0 Å². The molecule has 7 nitrogen and oxygen atoms in total. The first kappa shape index (κ1) is 15.2. The Morgan fingerprint density at radius 3 is 2.81 bits per heavy atom. The molecule has 0 radical (unpaired) electrons. The lowest BCUT2D eigenvalue weighted by Crippen LogP contribution is -2.11. The van der Waals surface area contributed by atoms with Crippen LogP contribution < -0.4 is 10.6 Å². The van der Waals surface area contributed by atoms with Gasteiger partial charge in [0.2, 0.25) is 5.82 Å². The van der Waals surface area contributed by atoms with E-state index >= 15 is 0 Å². The Balaban J connectivity index is 2.27. The number of aryl methyl sites for hydroxylation is 1. The lowest BCUT2D eigenvalue weighted by Gasteiger charge is -2.13. The maximum atomic E-state index is 11.1. The van der Waals surface area contributed by atoms with E-state index in [1.807, 2.05) is 20.8 Å². The van der Waals surface area contributed by atoms with Crippen LogP contribution in [0, 0.1) is 17.0 Å². The van der Waals surface area contributed by atoms with Crippen molar-refractivity contribution in [3.05, 3.63) is 38.3 Å². The summed E-state index contributed by atoms with van der Waals surface area (Å²) in [6.07, 6.45) is 1.79. The maximum Gasteiger partial charge on any atom is 0.311 e. The van der Waals surface area contributed by atoms with E-state index in [0.29, 0.717) is 12.4 Å². The van der Waals surface area contributed by atoms with E-state index in [0.717, 1.165) is 9.88 Å². The first-order chi connectivity index (χ1) is 10.0. The summed E-state index contributed by atoms with van der Waals surface area (Å²) in [5.41, 5.74) is -0.0446. The van der Waals surface area contributed by atoms with Gasteiger partial charge in [0.1, 0.15) is 10.8 Å². The summed E-state index contributed by atoms with van der Waals surface area (Å²) in [7, 11) is 0. The Bertz CT molecular complexity index is 643. The standard InChI is InChI=1S/C13H17N5O2S/c1-4-14-11-6-5-10(18(19)20)12(17-11)16-9(3)13-15-7-8(2)21-13/h5-7,9H,4H2,1-3H3,(H2,14,16,17). The van der Waals surface area contributed by atoms with E-state index in [9.17, 15) is 10.1 Å². The second-order valence-corrected chi connectivity index (χ2v) is 5.79. The second kappa shape index (κ2) is 6.49. The molecule has 2 aromatic rings. The van der Waals surface area contributed by atoms with Crippen LogP contribution in [0.2, 0.25) is 0 Å². The molecule has 8 heteroatoms. The molecule has 0 amide bonds. The Hall–Kier alpha value is -2.22. The molecule has 2 heterocycles. The molecule has 0 aliphatic heterocycles. The SMILES string of the molecule is CCNc1ccc([N+](=O)[O-])c(NC(C)c2ncc(C)s2)n1. The van der Waals surface area contributed by atoms with Crippen LogP contribution in [0.1, 0.15) is 29.8 Å². The molecule has 0 spiro atoms. The first-order valence-corrected chi connectivity index (χ1v) is 7.41. The van der Waals surface area contributed by atoms with Gasteiger partial charge in [-0.3, -0.25) is 10.1 Å². The Kier molecular flexibility index (Phi) is 4.69. The van der Waals surface area contributed by atoms with Crippen molar-refractivity contribution in [2.24, 2.45) is 0 Å². The van der Waals surface area contributed by atoms with Gasteiger partial charge < -0.3 is 10.6 Å². The van der Waals surface area contributed by atoms with Gasteiger partial charge in [-0.05, 0) is 26.8 Å². The monoisotopic (exact) mass is 307 g/mol. The quantitative estimate of drug-likeness (QED) is 0.628. The number of hydrogen-bond donors (Lipinski definition) is 2. The summed E-state index contributed by atoms with van der Waals surface area (Å²) in [5, 5.41) is 18.1. The molecule has 21 heavy (non-hydrogen) atoms. The Morgan fingerprint density at radius 1 is 1.48 bits per heavy atom. The number of nitrogens with one attached hydrogen (secondary N) is 2. The minimum atomic E-state index is -0.440. The van der Waals surface area contributed by atoms with Gasteiger partial charge in [0.25, 0.3) is 0 Å². The third kappa shape index (κ3) is 3.66. The lowest BCUT2D eigenvalue weighted by atomic mass is 10.3. The third-order valence-corrected chi connectivity index (χ3v) is 3.89. The zero-order valence-electron chi connectivity index (χ0n) is 12.1. The normalized spacial score (nSPS) is 12.0. The van der Waals surface area contributed by atoms with Crippen LogP contribution in [0.4, 0.5) is 17.3 Å². The number of nitrogens with zero attached hydrogens (tertiary/aromatic N) is 3. The van der Waals surface area contributed by atoms with E-state index in [2.05, 4.69) is 20.6 Å². The molecule has 1 unspecified atom stereocenters. The van der Waals surface area contributed by atoms with Crippen molar-refractivity contribution >= 4 is 28.7 Å². The number of anilines is 2. The van der Waals surface area contributed by atoms with Crippen molar-refractivity contribution in [2.45, 2.75) is 26.8 Å². The van der Waals surface area contributed by atoms with E-state index in [4.69, 9.17) is 0 Å². The van der Waals surface area contributed by atoms with Gasteiger partial charge in [0.05, 0.1) is 11.0 Å². The number of thiazole rings is 1. The zero-order chi connectivity index (χ0) is 15.4. The third-order valence-electron chi connectivity index (χ3n) is 2.79. The van der Waals surface area contributed by atoms with Gasteiger partial charge in [-0.25, -0.2) is 9.97 Å². The van der Waals surface area contributed by atoms with Crippen LogP contribution in [0.25, 0.3) is 0 Å². The van der Waals surface area contributed by atoms with Gasteiger partial charge in [-0.1, -0.05) is 0 Å². The average Bonchev–Trinajstić information content (AvgIpc) is 2.86. The number of nitro groups is 1. The van der Waals surface area contributed by atoms with Crippen LogP contribution >= 0.6 is 11.3 Å². The number of rotatable bonds is 6. The van der Waals surface area contributed by atoms with Crippen molar-refractivity contribution in [2.75, 3.05) is 17.2 Å². The Labute approximate surface area is 126 Å². The molecule has 0 aliphatic rings. The fourth-order valence-electron chi connectivity index (χ4n) is 1.82. The van der Waals surface area contributed by atoms with E-state index in [-0.39, 0.29) is 17.5 Å². The molecule has 1 atom stereocenters. The lowest BCUT2D eigenvalue weighted by molar-refractivity contribution is -0.384. The topological polar surface area (TPSA) is 93.0 Å². The molecule has 2 N–H and O–H groups in total. The highest BCUT2D eigenvalue weighted by atomic mass is 32.1. The molecule has 0 saturated carbocycles. The van der Waals surface area contributed by atoms with E-state index in [1.165, 1.54) is 6.07 Å². The summed E-state index contributed by atoms with van der Waals surface area (Å²) >= 11 is 1.56. The van der Waals surface area contributed by atoms with Crippen LogP contribution in [-0.4, -0.2) is 21.4 Å². The Morgan fingerprint density at radius 2 is 2.24 bits per heavy atom. The molecule has 0 aliphatic carbocycles. The molecule has 0 aromatic carbocycles. The highest BCUT2D eigenvalue weighted by Crippen LogP contribution is 2.29. The van der Waals surface area contributed by atoms with Crippen LogP contribution in [0.5, 0.6) is 0 Å². The van der Waals surface area contributed by atoms with Gasteiger partial charge in [-0.15, -0.1) is 11.3 Å². The molecular weight excluding hydrogens is 290 g/mol. The molecule has 112 valence electrons. The highest BCUT2D eigenvalue weighted by molar-refractivity contribution is 7.11. The van der Waals surface area contributed by atoms with Crippen molar-refractivity contribution in [1.82, 2.24) is 9.97 Å².